The Hall–Kier alpha value is -4.35. The molecule has 0 saturated carbocycles. The molecule has 0 radical (unpaired) electrons. The summed E-state index contributed by atoms with van der Waals surface area (Å²) < 4.78 is 15.1. The predicted molar refractivity (Wildman–Crippen MR) is 172 cm³/mol. The third-order valence-corrected chi connectivity index (χ3v) is 9.17. The SMILES string of the molecule is C[C@H]1[C@@H](CSc2nncn2C)O[C@@H](c2ccc(-c3ccccc3CNC(=O)c3cccnc3)cc2)O[C@H]1c1ccc(CO)cc1. The largest absolute Gasteiger partial charge is 0.392 e. The lowest BCUT2D eigenvalue weighted by Crippen LogP contribution is -2.38. The van der Waals surface area contributed by atoms with Gasteiger partial charge in [0, 0.05) is 43.2 Å². The Labute approximate surface area is 266 Å². The molecule has 3 heterocycles. The lowest BCUT2D eigenvalue weighted by Gasteiger charge is -2.41. The second-order valence-electron chi connectivity index (χ2n) is 11.1. The summed E-state index contributed by atoms with van der Waals surface area (Å²) in [4.78, 5) is 16.7. The molecule has 45 heavy (non-hydrogen) atoms. The third-order valence-electron chi connectivity index (χ3n) is 8.04. The van der Waals surface area contributed by atoms with E-state index in [2.05, 4.69) is 45.6 Å². The molecule has 4 atom stereocenters. The Bertz CT molecular complexity index is 1710. The maximum absolute atomic E-state index is 12.6. The van der Waals surface area contributed by atoms with E-state index in [4.69, 9.17) is 9.47 Å². The quantitative estimate of drug-likeness (QED) is 0.186. The number of rotatable bonds is 10. The minimum atomic E-state index is -0.572. The molecule has 0 spiro atoms. The van der Waals surface area contributed by atoms with Crippen molar-refractivity contribution in [2.24, 2.45) is 13.0 Å². The molecular formula is C35H35N5O4S. The molecule has 3 aromatic carbocycles. The van der Waals surface area contributed by atoms with E-state index in [-0.39, 0.29) is 30.6 Å². The predicted octanol–water partition coefficient (Wildman–Crippen LogP) is 5.88. The van der Waals surface area contributed by atoms with Gasteiger partial charge < -0.3 is 24.5 Å². The maximum atomic E-state index is 12.6. The molecule has 1 saturated heterocycles. The number of aliphatic hydroxyl groups excluding tert-OH is 1. The first-order valence-electron chi connectivity index (χ1n) is 14.8. The first-order valence-corrected chi connectivity index (χ1v) is 15.8. The normalized spacial score (nSPS) is 19.7. The molecule has 230 valence electrons. The summed E-state index contributed by atoms with van der Waals surface area (Å²) in [5.74, 6) is 0.589. The zero-order chi connectivity index (χ0) is 31.2. The number of aliphatic hydroxyl groups is 1. The van der Waals surface area contributed by atoms with Gasteiger partial charge in [0.05, 0.1) is 24.4 Å². The lowest BCUT2D eigenvalue weighted by atomic mass is 9.91. The molecular weight excluding hydrogens is 586 g/mol. The molecule has 0 aliphatic carbocycles. The van der Waals surface area contributed by atoms with Gasteiger partial charge in [0.1, 0.15) is 6.33 Å². The van der Waals surface area contributed by atoms with Gasteiger partial charge in [0.25, 0.3) is 5.91 Å². The van der Waals surface area contributed by atoms with Crippen LogP contribution in [0.4, 0.5) is 0 Å². The summed E-state index contributed by atoms with van der Waals surface area (Å²) >= 11 is 1.61. The number of nitrogens with one attached hydrogen (secondary N) is 1. The van der Waals surface area contributed by atoms with E-state index in [9.17, 15) is 9.90 Å². The van der Waals surface area contributed by atoms with Gasteiger partial charge in [-0.05, 0) is 39.9 Å². The van der Waals surface area contributed by atoms with Crippen molar-refractivity contribution in [1.29, 1.82) is 0 Å². The highest BCUT2D eigenvalue weighted by Gasteiger charge is 2.38. The lowest BCUT2D eigenvalue weighted by molar-refractivity contribution is -0.268. The Balaban J connectivity index is 1.21. The van der Waals surface area contributed by atoms with Crippen molar-refractivity contribution in [2.45, 2.75) is 43.7 Å². The number of aromatic nitrogens is 4. The standard InChI is InChI=1S/C35H35N5O4S/c1-23-31(21-45-35-39-38-22-40(35)2)43-34(44-32(23)26-11-9-24(20-41)10-12-26)27-15-13-25(14-16-27)30-8-4-3-6-28(30)19-37-33(42)29-7-5-17-36-18-29/h3-18,22-23,31-32,34,41H,19-21H2,1-2H3,(H,37,42)/t23-,31+,32+,34+/m0/s1. The molecule has 1 fully saturated rings. The van der Waals surface area contributed by atoms with Gasteiger partial charge in [-0.25, -0.2) is 0 Å². The van der Waals surface area contributed by atoms with E-state index in [1.807, 2.05) is 66.2 Å². The Kier molecular flexibility index (Phi) is 9.66. The monoisotopic (exact) mass is 621 g/mol. The highest BCUT2D eigenvalue weighted by molar-refractivity contribution is 7.99. The molecule has 0 unspecified atom stereocenters. The summed E-state index contributed by atoms with van der Waals surface area (Å²) in [5.41, 5.74) is 6.41. The number of hydrogen-bond donors (Lipinski definition) is 2. The number of ether oxygens (including phenoxy) is 2. The van der Waals surface area contributed by atoms with Crippen molar-refractivity contribution in [3.8, 4) is 11.1 Å². The van der Waals surface area contributed by atoms with Crippen LogP contribution in [0.25, 0.3) is 11.1 Å². The van der Waals surface area contributed by atoms with E-state index >= 15 is 0 Å². The van der Waals surface area contributed by atoms with Gasteiger partial charge >= 0.3 is 0 Å². The molecule has 2 N–H and O–H groups in total. The van der Waals surface area contributed by atoms with Crippen molar-refractivity contribution in [2.75, 3.05) is 5.75 Å². The van der Waals surface area contributed by atoms with Gasteiger partial charge in [0.2, 0.25) is 0 Å². The van der Waals surface area contributed by atoms with E-state index in [0.717, 1.165) is 38.5 Å². The molecule has 5 aromatic rings. The number of pyridine rings is 1. The molecule has 10 heteroatoms. The minimum Gasteiger partial charge on any atom is -0.392 e. The number of amides is 1. The van der Waals surface area contributed by atoms with Crippen LogP contribution in [-0.2, 0) is 29.7 Å². The molecule has 1 amide bonds. The van der Waals surface area contributed by atoms with E-state index < -0.39 is 6.29 Å². The third kappa shape index (κ3) is 7.15. The number of carbonyl (C=O) groups is 1. The fourth-order valence-electron chi connectivity index (χ4n) is 5.42. The molecule has 9 nitrogen and oxygen atoms in total. The van der Waals surface area contributed by atoms with Crippen molar-refractivity contribution in [3.05, 3.63) is 131 Å². The van der Waals surface area contributed by atoms with Gasteiger partial charge in [-0.1, -0.05) is 91.5 Å². The van der Waals surface area contributed by atoms with Crippen molar-refractivity contribution >= 4 is 17.7 Å². The summed E-state index contributed by atoms with van der Waals surface area (Å²) in [6.45, 7) is 2.53. The van der Waals surface area contributed by atoms with Crippen molar-refractivity contribution < 1.29 is 19.4 Å². The molecule has 6 rings (SSSR count). The van der Waals surface area contributed by atoms with Crippen LogP contribution in [-0.4, -0.2) is 42.6 Å². The van der Waals surface area contributed by atoms with Gasteiger partial charge in [0.15, 0.2) is 11.4 Å². The van der Waals surface area contributed by atoms with Crippen LogP contribution >= 0.6 is 11.8 Å². The molecule has 2 aromatic heterocycles. The smallest absolute Gasteiger partial charge is 0.253 e. The molecule has 0 bridgehead atoms. The van der Waals surface area contributed by atoms with Gasteiger partial charge in [-0.3, -0.25) is 9.78 Å². The first kappa shape index (κ1) is 30.7. The summed E-state index contributed by atoms with van der Waals surface area (Å²) in [7, 11) is 1.93. The van der Waals surface area contributed by atoms with E-state index in [0.29, 0.717) is 17.9 Å². The van der Waals surface area contributed by atoms with Crippen LogP contribution in [0.15, 0.2) is 109 Å². The number of thioether (sulfide) groups is 1. The average Bonchev–Trinajstić information content (AvgIpc) is 3.51. The summed E-state index contributed by atoms with van der Waals surface area (Å²) in [5, 5.41) is 21.6. The number of nitrogens with zero attached hydrogens (tertiary/aromatic N) is 4. The van der Waals surface area contributed by atoms with Gasteiger partial charge in [-0.2, -0.15) is 0 Å². The fourth-order valence-corrected chi connectivity index (χ4v) is 6.47. The summed E-state index contributed by atoms with van der Waals surface area (Å²) in [6, 6.07) is 27.7. The highest BCUT2D eigenvalue weighted by Crippen LogP contribution is 2.43. The highest BCUT2D eigenvalue weighted by atomic mass is 32.2. The Morgan fingerprint density at radius 2 is 1.76 bits per heavy atom. The second-order valence-corrected chi connectivity index (χ2v) is 12.0. The maximum Gasteiger partial charge on any atom is 0.253 e. The second kappa shape index (κ2) is 14.2. The number of benzene rings is 3. The Morgan fingerprint density at radius 1 is 0.978 bits per heavy atom. The summed E-state index contributed by atoms with van der Waals surface area (Å²) in [6.07, 6.45) is 4.01. The molecule has 1 aliphatic heterocycles. The minimum absolute atomic E-state index is 0.00356. The number of hydrogen-bond acceptors (Lipinski definition) is 8. The number of carbonyl (C=O) groups excluding carboxylic acids is 1. The Morgan fingerprint density at radius 3 is 2.47 bits per heavy atom. The zero-order valence-corrected chi connectivity index (χ0v) is 25.9. The van der Waals surface area contributed by atoms with Crippen LogP contribution < -0.4 is 5.32 Å². The van der Waals surface area contributed by atoms with Gasteiger partial charge in [-0.15, -0.1) is 10.2 Å². The van der Waals surface area contributed by atoms with Crippen molar-refractivity contribution in [1.82, 2.24) is 25.1 Å². The number of aryl methyl sites for hydroxylation is 1. The van der Waals surface area contributed by atoms with E-state index in [1.54, 1.807) is 42.6 Å². The first-order chi connectivity index (χ1) is 22.0. The molecule has 1 aliphatic rings. The topological polar surface area (TPSA) is 111 Å². The van der Waals surface area contributed by atoms with Crippen LogP contribution in [0.5, 0.6) is 0 Å². The van der Waals surface area contributed by atoms with Crippen molar-refractivity contribution in [3.63, 3.8) is 0 Å². The van der Waals surface area contributed by atoms with Crippen LogP contribution in [0.3, 0.4) is 0 Å². The zero-order valence-electron chi connectivity index (χ0n) is 25.1. The van der Waals surface area contributed by atoms with Crippen LogP contribution in [0.1, 0.15) is 51.9 Å². The fraction of sp³-hybridized carbons (Fsp3) is 0.257. The van der Waals surface area contributed by atoms with Crippen LogP contribution in [0, 0.1) is 5.92 Å². The van der Waals surface area contributed by atoms with Crippen LogP contribution in [0.2, 0.25) is 0 Å². The van der Waals surface area contributed by atoms with E-state index in [1.165, 1.54) is 0 Å². The average molecular weight is 622 g/mol.